The molecule has 0 unspecified atom stereocenters. The van der Waals surface area contributed by atoms with Gasteiger partial charge in [-0.25, -0.2) is 9.78 Å². The second kappa shape index (κ2) is 2.99. The lowest BCUT2D eigenvalue weighted by molar-refractivity contribution is 0.834. The second-order valence-corrected chi connectivity index (χ2v) is 2.79. The summed E-state index contributed by atoms with van der Waals surface area (Å²) in [7, 11) is 0. The summed E-state index contributed by atoms with van der Waals surface area (Å²) in [5.41, 5.74) is -0.370. The van der Waals surface area contributed by atoms with Gasteiger partial charge in [-0.2, -0.15) is 0 Å². The molecule has 72 valence electrons. The lowest BCUT2D eigenvalue weighted by Crippen LogP contribution is -2.22. The summed E-state index contributed by atoms with van der Waals surface area (Å²) in [5.74, 6) is 0. The lowest BCUT2D eigenvalue weighted by Gasteiger charge is -1.96. The van der Waals surface area contributed by atoms with E-state index in [0.29, 0.717) is 12.2 Å². The van der Waals surface area contributed by atoms with Crippen LogP contribution in [-0.4, -0.2) is 19.5 Å². The summed E-state index contributed by atoms with van der Waals surface area (Å²) in [6.07, 6.45) is 3.14. The maximum absolute atomic E-state index is 11.2. The van der Waals surface area contributed by atoms with E-state index in [4.69, 9.17) is 0 Å². The van der Waals surface area contributed by atoms with Gasteiger partial charge in [0.15, 0.2) is 5.52 Å². The van der Waals surface area contributed by atoms with Gasteiger partial charge in [0, 0.05) is 6.54 Å². The summed E-state index contributed by atoms with van der Waals surface area (Å²) in [6, 6.07) is 0. The molecule has 2 heterocycles. The van der Waals surface area contributed by atoms with Crippen molar-refractivity contribution < 1.29 is 0 Å². The minimum Gasteiger partial charge on any atom is -0.313 e. The molecule has 0 aromatic carbocycles. The van der Waals surface area contributed by atoms with E-state index in [1.54, 1.807) is 10.6 Å². The van der Waals surface area contributed by atoms with Crippen LogP contribution in [-0.2, 0) is 6.54 Å². The van der Waals surface area contributed by atoms with Crippen LogP contribution in [0.5, 0.6) is 0 Å². The molecule has 2 N–H and O–H groups in total. The van der Waals surface area contributed by atoms with Crippen molar-refractivity contribution in [1.82, 2.24) is 19.5 Å². The molecule has 6 heteroatoms. The van der Waals surface area contributed by atoms with Gasteiger partial charge in [-0.3, -0.25) is 14.8 Å². The molecule has 2 rings (SSSR count). The smallest absolute Gasteiger partial charge is 0.313 e. The van der Waals surface area contributed by atoms with Gasteiger partial charge < -0.3 is 4.57 Å². The number of aromatic nitrogens is 4. The van der Waals surface area contributed by atoms with Gasteiger partial charge in [-0.1, -0.05) is 6.08 Å². The molecule has 2 aromatic heterocycles. The maximum Gasteiger partial charge on any atom is 0.327 e. The molecule has 0 saturated carbocycles. The van der Waals surface area contributed by atoms with Crippen LogP contribution in [0.3, 0.4) is 0 Å². The highest BCUT2D eigenvalue weighted by Gasteiger charge is 2.05. The quantitative estimate of drug-likeness (QED) is 0.635. The molecule has 0 radical (unpaired) electrons. The van der Waals surface area contributed by atoms with Crippen LogP contribution in [0.15, 0.2) is 28.6 Å². The Balaban J connectivity index is 2.85. The SMILES string of the molecule is C=CCn1cnc2c(=O)[nH]c(=O)[nH]c21. The Kier molecular flexibility index (Phi) is 1.81. The van der Waals surface area contributed by atoms with E-state index < -0.39 is 11.2 Å². The fourth-order valence-corrected chi connectivity index (χ4v) is 1.26. The summed E-state index contributed by atoms with van der Waals surface area (Å²) >= 11 is 0. The number of imidazole rings is 1. The Bertz CT molecular complexity index is 589. The Labute approximate surface area is 77.9 Å². The topological polar surface area (TPSA) is 83.5 Å². The molecule has 0 bridgehead atoms. The van der Waals surface area contributed by atoms with E-state index >= 15 is 0 Å². The molecule has 14 heavy (non-hydrogen) atoms. The van der Waals surface area contributed by atoms with Gasteiger partial charge in [0.25, 0.3) is 5.56 Å². The van der Waals surface area contributed by atoms with Crippen molar-refractivity contribution in [2.45, 2.75) is 6.54 Å². The first kappa shape index (κ1) is 8.49. The van der Waals surface area contributed by atoms with Crippen molar-refractivity contribution in [3.63, 3.8) is 0 Å². The fraction of sp³-hybridized carbons (Fsp3) is 0.125. The number of hydrogen-bond acceptors (Lipinski definition) is 3. The number of nitrogens with zero attached hydrogens (tertiary/aromatic N) is 2. The molecule has 0 aliphatic heterocycles. The van der Waals surface area contributed by atoms with Gasteiger partial charge >= 0.3 is 5.69 Å². The first-order chi connectivity index (χ1) is 6.72. The van der Waals surface area contributed by atoms with Crippen LogP contribution in [0.2, 0.25) is 0 Å². The van der Waals surface area contributed by atoms with Crippen molar-refractivity contribution in [3.05, 3.63) is 39.8 Å². The van der Waals surface area contributed by atoms with Gasteiger partial charge in [0.1, 0.15) is 5.65 Å². The van der Waals surface area contributed by atoms with Crippen molar-refractivity contribution in [2.75, 3.05) is 0 Å². The standard InChI is InChI=1S/C8H8N4O2/c1-2-3-12-4-9-5-6(12)10-8(14)11-7(5)13/h2,4H,1,3H2,(H2,10,11,13,14). The Hall–Kier alpha value is -2.11. The average molecular weight is 192 g/mol. The molecule has 0 aliphatic carbocycles. The zero-order valence-corrected chi connectivity index (χ0v) is 7.28. The normalized spacial score (nSPS) is 10.6. The van der Waals surface area contributed by atoms with Crippen LogP contribution in [0.25, 0.3) is 11.2 Å². The highest BCUT2D eigenvalue weighted by atomic mass is 16.2. The number of rotatable bonds is 2. The molecule has 0 fully saturated rings. The van der Waals surface area contributed by atoms with Crippen molar-refractivity contribution in [1.29, 1.82) is 0 Å². The van der Waals surface area contributed by atoms with E-state index in [1.807, 2.05) is 0 Å². The Morgan fingerprint density at radius 1 is 1.50 bits per heavy atom. The molecule has 0 saturated heterocycles. The minimum atomic E-state index is -0.534. The highest BCUT2D eigenvalue weighted by molar-refractivity contribution is 5.68. The molecule has 0 spiro atoms. The van der Waals surface area contributed by atoms with E-state index in [1.165, 1.54) is 6.33 Å². The van der Waals surface area contributed by atoms with Crippen molar-refractivity contribution >= 4 is 11.2 Å². The third-order valence-electron chi connectivity index (χ3n) is 1.84. The molecular formula is C8H8N4O2. The number of hydrogen-bond donors (Lipinski definition) is 2. The van der Waals surface area contributed by atoms with Gasteiger partial charge in [0.2, 0.25) is 0 Å². The van der Waals surface area contributed by atoms with E-state index in [0.717, 1.165) is 0 Å². The highest BCUT2D eigenvalue weighted by Crippen LogP contribution is 2.01. The first-order valence-electron chi connectivity index (χ1n) is 4.00. The monoisotopic (exact) mass is 192 g/mol. The lowest BCUT2D eigenvalue weighted by atomic mass is 10.5. The van der Waals surface area contributed by atoms with Gasteiger partial charge in [0.05, 0.1) is 6.33 Å². The molecular weight excluding hydrogens is 184 g/mol. The summed E-state index contributed by atoms with van der Waals surface area (Å²) < 4.78 is 1.64. The van der Waals surface area contributed by atoms with E-state index in [2.05, 4.69) is 21.5 Å². The predicted molar refractivity (Wildman–Crippen MR) is 51.2 cm³/mol. The maximum atomic E-state index is 11.2. The molecule has 0 atom stereocenters. The minimum absolute atomic E-state index is 0.228. The summed E-state index contributed by atoms with van der Waals surface area (Å²) in [6.45, 7) is 4.06. The number of H-pyrrole nitrogens is 2. The summed E-state index contributed by atoms with van der Waals surface area (Å²) in [5, 5.41) is 0. The van der Waals surface area contributed by atoms with E-state index in [-0.39, 0.29) is 5.52 Å². The predicted octanol–water partition coefficient (Wildman–Crippen LogP) is -0.401. The number of allylic oxidation sites excluding steroid dienone is 1. The zero-order chi connectivity index (χ0) is 10.1. The number of nitrogens with one attached hydrogen (secondary N) is 2. The molecule has 6 nitrogen and oxygen atoms in total. The third kappa shape index (κ3) is 1.17. The number of aromatic amines is 2. The van der Waals surface area contributed by atoms with Gasteiger partial charge in [-0.15, -0.1) is 6.58 Å². The first-order valence-corrected chi connectivity index (χ1v) is 4.00. The largest absolute Gasteiger partial charge is 0.327 e. The average Bonchev–Trinajstić information content (AvgIpc) is 2.49. The van der Waals surface area contributed by atoms with Crippen LogP contribution in [0, 0.1) is 0 Å². The van der Waals surface area contributed by atoms with E-state index in [9.17, 15) is 9.59 Å². The van der Waals surface area contributed by atoms with Crippen LogP contribution < -0.4 is 11.2 Å². The summed E-state index contributed by atoms with van der Waals surface area (Å²) in [4.78, 5) is 30.7. The zero-order valence-electron chi connectivity index (χ0n) is 7.28. The van der Waals surface area contributed by atoms with Crippen molar-refractivity contribution in [3.8, 4) is 0 Å². The van der Waals surface area contributed by atoms with Gasteiger partial charge in [-0.05, 0) is 0 Å². The fourth-order valence-electron chi connectivity index (χ4n) is 1.26. The van der Waals surface area contributed by atoms with Crippen molar-refractivity contribution in [2.24, 2.45) is 0 Å². The Morgan fingerprint density at radius 3 is 3.00 bits per heavy atom. The van der Waals surface area contributed by atoms with Crippen LogP contribution in [0.4, 0.5) is 0 Å². The molecule has 0 amide bonds. The number of fused-ring (bicyclic) bond motifs is 1. The third-order valence-corrected chi connectivity index (χ3v) is 1.84. The van der Waals surface area contributed by atoms with Crippen LogP contribution >= 0.6 is 0 Å². The molecule has 2 aromatic rings. The second-order valence-electron chi connectivity index (χ2n) is 2.79. The Morgan fingerprint density at radius 2 is 2.29 bits per heavy atom. The van der Waals surface area contributed by atoms with Crippen LogP contribution in [0.1, 0.15) is 0 Å². The molecule has 0 aliphatic rings.